The number of likely N-dealkylation sites (tertiary alicyclic amines) is 1. The third-order valence-electron chi connectivity index (χ3n) is 4.49. The molecule has 0 unspecified atom stereocenters. The lowest BCUT2D eigenvalue weighted by Gasteiger charge is -2.38. The van der Waals surface area contributed by atoms with Crippen LogP contribution < -0.4 is 5.32 Å². The Bertz CT molecular complexity index is 762. The number of nitrogens with zero attached hydrogens (tertiary/aromatic N) is 2. The summed E-state index contributed by atoms with van der Waals surface area (Å²) in [4.78, 5) is 18.4. The van der Waals surface area contributed by atoms with Gasteiger partial charge in [-0.25, -0.2) is 9.78 Å². The first-order valence-electron chi connectivity index (χ1n) is 9.19. The van der Waals surface area contributed by atoms with E-state index in [1.54, 1.807) is 4.90 Å². The van der Waals surface area contributed by atoms with Gasteiger partial charge in [0, 0.05) is 30.6 Å². The van der Waals surface area contributed by atoms with Gasteiger partial charge >= 0.3 is 6.09 Å². The highest BCUT2D eigenvalue weighted by molar-refractivity contribution is 7.14. The van der Waals surface area contributed by atoms with Gasteiger partial charge in [0.25, 0.3) is 0 Å². The molecule has 2 aromatic rings. The summed E-state index contributed by atoms with van der Waals surface area (Å²) >= 11 is 1.53. The van der Waals surface area contributed by atoms with Crippen LogP contribution in [0.15, 0.2) is 35.7 Å². The molecule has 1 aliphatic rings. The molecule has 2 heterocycles. The van der Waals surface area contributed by atoms with E-state index in [1.165, 1.54) is 11.3 Å². The second-order valence-electron chi connectivity index (χ2n) is 7.95. The predicted octanol–water partition coefficient (Wildman–Crippen LogP) is 3.98. The highest BCUT2D eigenvalue weighted by Crippen LogP contribution is 2.27. The van der Waals surface area contributed by atoms with E-state index in [-0.39, 0.29) is 6.09 Å². The van der Waals surface area contributed by atoms with Gasteiger partial charge in [-0.2, -0.15) is 0 Å². The first-order chi connectivity index (χ1) is 12.7. The molecular weight excluding hydrogens is 362 g/mol. The minimum Gasteiger partial charge on any atom is -0.444 e. The van der Waals surface area contributed by atoms with Crippen LogP contribution in [-0.4, -0.2) is 51.9 Å². The first-order valence-corrected chi connectivity index (χ1v) is 10.1. The summed E-state index contributed by atoms with van der Waals surface area (Å²) in [6.07, 6.45) is 0.705. The molecule has 1 aromatic heterocycles. The van der Waals surface area contributed by atoms with E-state index in [0.717, 1.165) is 16.4 Å². The molecule has 3 rings (SSSR count). The molecule has 2 N–H and O–H groups in total. The summed E-state index contributed by atoms with van der Waals surface area (Å²) < 4.78 is 5.40. The number of carbonyl (C=O) groups is 1. The van der Waals surface area contributed by atoms with Gasteiger partial charge < -0.3 is 20.1 Å². The first kappa shape index (κ1) is 19.6. The van der Waals surface area contributed by atoms with Gasteiger partial charge in [-0.3, -0.25) is 0 Å². The molecule has 0 atom stereocenters. The van der Waals surface area contributed by atoms with Crippen LogP contribution in [0, 0.1) is 0 Å². The molecule has 0 aliphatic carbocycles. The second-order valence-corrected chi connectivity index (χ2v) is 8.81. The number of ether oxygens (including phenoxy) is 1. The summed E-state index contributed by atoms with van der Waals surface area (Å²) in [5.74, 6) is 0. The number of amides is 1. The van der Waals surface area contributed by atoms with E-state index in [1.807, 2.05) is 56.5 Å². The molecular formula is C20H27N3O3S. The number of benzene rings is 1. The Morgan fingerprint density at radius 3 is 2.59 bits per heavy atom. The van der Waals surface area contributed by atoms with E-state index in [2.05, 4.69) is 10.3 Å². The number of nitrogens with one attached hydrogen (secondary N) is 1. The van der Waals surface area contributed by atoms with E-state index in [9.17, 15) is 9.90 Å². The van der Waals surface area contributed by atoms with Crippen molar-refractivity contribution in [3.8, 4) is 11.3 Å². The molecule has 6 nitrogen and oxygen atoms in total. The number of hydrogen-bond acceptors (Lipinski definition) is 6. The van der Waals surface area contributed by atoms with Crippen LogP contribution in [0.25, 0.3) is 11.3 Å². The van der Waals surface area contributed by atoms with Crippen LogP contribution in [0.5, 0.6) is 0 Å². The van der Waals surface area contributed by atoms with Crippen molar-refractivity contribution in [2.75, 3.05) is 25.0 Å². The standard InChI is InChI=1S/C20H27N3O3S/c1-19(2,3)26-18(24)23-11-9-20(25,10-12-23)14-21-17-22-16(13-27-17)15-7-5-4-6-8-15/h4-8,13,25H,9-12,14H2,1-3H3,(H,21,22). The van der Waals surface area contributed by atoms with Crippen LogP contribution in [0.1, 0.15) is 33.6 Å². The van der Waals surface area contributed by atoms with Crippen LogP contribution in [0.4, 0.5) is 9.93 Å². The Morgan fingerprint density at radius 1 is 1.30 bits per heavy atom. The van der Waals surface area contributed by atoms with Gasteiger partial charge in [0.15, 0.2) is 5.13 Å². The normalized spacial score (nSPS) is 16.8. The largest absolute Gasteiger partial charge is 0.444 e. The van der Waals surface area contributed by atoms with Crippen LogP contribution in [0.3, 0.4) is 0 Å². The molecule has 0 saturated carbocycles. The van der Waals surface area contributed by atoms with Gasteiger partial charge in [-0.1, -0.05) is 30.3 Å². The van der Waals surface area contributed by atoms with E-state index in [0.29, 0.717) is 32.5 Å². The topological polar surface area (TPSA) is 74.7 Å². The summed E-state index contributed by atoms with van der Waals surface area (Å²) in [7, 11) is 0. The summed E-state index contributed by atoms with van der Waals surface area (Å²) in [6, 6.07) is 10.0. The van der Waals surface area contributed by atoms with E-state index in [4.69, 9.17) is 4.74 Å². The molecule has 0 radical (unpaired) electrons. The lowest BCUT2D eigenvalue weighted by Crippen LogP contribution is -2.50. The number of rotatable bonds is 4. The fraction of sp³-hybridized carbons (Fsp3) is 0.500. The van der Waals surface area contributed by atoms with Crippen LogP contribution >= 0.6 is 11.3 Å². The van der Waals surface area contributed by atoms with Gasteiger partial charge in [-0.15, -0.1) is 11.3 Å². The average molecular weight is 390 g/mol. The molecule has 27 heavy (non-hydrogen) atoms. The molecule has 0 bridgehead atoms. The number of piperidine rings is 1. The van der Waals surface area contributed by atoms with Crippen molar-refractivity contribution < 1.29 is 14.6 Å². The smallest absolute Gasteiger partial charge is 0.410 e. The number of anilines is 1. The molecule has 146 valence electrons. The molecule has 1 aromatic carbocycles. The SMILES string of the molecule is CC(C)(C)OC(=O)N1CCC(O)(CNc2nc(-c3ccccc3)cs2)CC1. The monoisotopic (exact) mass is 389 g/mol. The number of carbonyl (C=O) groups excluding carboxylic acids is 1. The number of aliphatic hydroxyl groups is 1. The molecule has 1 fully saturated rings. The minimum atomic E-state index is -0.850. The van der Waals surface area contributed by atoms with Crippen molar-refractivity contribution in [2.24, 2.45) is 0 Å². The third kappa shape index (κ3) is 5.43. The fourth-order valence-corrected chi connectivity index (χ4v) is 3.66. The maximum atomic E-state index is 12.1. The number of hydrogen-bond donors (Lipinski definition) is 2. The van der Waals surface area contributed by atoms with Crippen molar-refractivity contribution in [1.29, 1.82) is 0 Å². The summed E-state index contributed by atoms with van der Waals surface area (Å²) in [5.41, 5.74) is 0.645. The molecule has 1 amide bonds. The summed E-state index contributed by atoms with van der Waals surface area (Å²) in [5, 5.41) is 16.9. The van der Waals surface area contributed by atoms with Gasteiger partial charge in [-0.05, 0) is 33.6 Å². The van der Waals surface area contributed by atoms with E-state index >= 15 is 0 Å². The fourth-order valence-electron chi connectivity index (χ4n) is 2.95. The Morgan fingerprint density at radius 2 is 1.96 bits per heavy atom. The zero-order chi connectivity index (χ0) is 19.5. The zero-order valence-electron chi connectivity index (χ0n) is 16.1. The minimum absolute atomic E-state index is 0.315. The van der Waals surface area contributed by atoms with Gasteiger partial charge in [0.05, 0.1) is 11.3 Å². The van der Waals surface area contributed by atoms with E-state index < -0.39 is 11.2 Å². The van der Waals surface area contributed by atoms with Crippen molar-refractivity contribution in [3.05, 3.63) is 35.7 Å². The van der Waals surface area contributed by atoms with Gasteiger partial charge in [0.1, 0.15) is 5.60 Å². The Kier molecular flexibility index (Phi) is 5.72. The molecule has 1 saturated heterocycles. The summed E-state index contributed by atoms with van der Waals surface area (Å²) in [6.45, 7) is 6.95. The van der Waals surface area contributed by atoms with Crippen molar-refractivity contribution in [2.45, 2.75) is 44.8 Å². The lowest BCUT2D eigenvalue weighted by atomic mass is 9.91. The number of aromatic nitrogens is 1. The zero-order valence-corrected chi connectivity index (χ0v) is 16.9. The maximum absolute atomic E-state index is 12.1. The molecule has 7 heteroatoms. The number of thiazole rings is 1. The highest BCUT2D eigenvalue weighted by atomic mass is 32.1. The van der Waals surface area contributed by atoms with Crippen LogP contribution in [0.2, 0.25) is 0 Å². The van der Waals surface area contributed by atoms with Crippen molar-refractivity contribution >= 4 is 22.6 Å². The van der Waals surface area contributed by atoms with Crippen molar-refractivity contribution in [3.63, 3.8) is 0 Å². The second kappa shape index (κ2) is 7.86. The van der Waals surface area contributed by atoms with Crippen LogP contribution in [-0.2, 0) is 4.74 Å². The lowest BCUT2D eigenvalue weighted by molar-refractivity contribution is -0.0244. The highest BCUT2D eigenvalue weighted by Gasteiger charge is 2.35. The Hall–Kier alpha value is -2.12. The quantitative estimate of drug-likeness (QED) is 0.827. The predicted molar refractivity (Wildman–Crippen MR) is 108 cm³/mol. The average Bonchev–Trinajstić information content (AvgIpc) is 3.09. The Balaban J connectivity index is 1.51. The maximum Gasteiger partial charge on any atom is 0.410 e. The molecule has 1 aliphatic heterocycles. The third-order valence-corrected chi connectivity index (χ3v) is 5.29. The Labute approximate surface area is 164 Å². The molecule has 0 spiro atoms. The van der Waals surface area contributed by atoms with Gasteiger partial charge in [0.2, 0.25) is 0 Å². The van der Waals surface area contributed by atoms with Crippen molar-refractivity contribution in [1.82, 2.24) is 9.88 Å².